The van der Waals surface area contributed by atoms with Crippen LogP contribution in [0.15, 0.2) is 42.5 Å². The highest BCUT2D eigenvalue weighted by Gasteiger charge is 2.15. The molecule has 1 N–H and O–H groups in total. The van der Waals surface area contributed by atoms with Gasteiger partial charge in [0.2, 0.25) is 0 Å². The standard InChI is InChI=1S/C20H23NO4/c1-5-24-20(23)15-11-10-14(4)17(12-15)21-19(22)16-8-6-7-9-18(16)25-13(2)3/h6-13H,5H2,1-4H3,(H,21,22). The molecule has 2 rings (SSSR count). The summed E-state index contributed by atoms with van der Waals surface area (Å²) in [4.78, 5) is 24.6. The summed E-state index contributed by atoms with van der Waals surface area (Å²) in [6.07, 6.45) is -0.0390. The van der Waals surface area contributed by atoms with Gasteiger partial charge in [-0.3, -0.25) is 4.79 Å². The number of anilines is 1. The summed E-state index contributed by atoms with van der Waals surface area (Å²) in [6.45, 7) is 7.72. The van der Waals surface area contributed by atoms with Gasteiger partial charge in [0.25, 0.3) is 5.91 Å². The molecule has 0 aliphatic rings. The summed E-state index contributed by atoms with van der Waals surface area (Å²) in [5.41, 5.74) is 2.25. The first kappa shape index (κ1) is 18.5. The van der Waals surface area contributed by atoms with Gasteiger partial charge in [0.05, 0.1) is 23.8 Å². The van der Waals surface area contributed by atoms with Crippen LogP contribution in [0.3, 0.4) is 0 Å². The zero-order chi connectivity index (χ0) is 18.4. The fraction of sp³-hybridized carbons (Fsp3) is 0.300. The Bertz CT molecular complexity index is 768. The topological polar surface area (TPSA) is 64.6 Å². The molecule has 0 spiro atoms. The molecule has 0 bridgehead atoms. The summed E-state index contributed by atoms with van der Waals surface area (Å²) in [7, 11) is 0. The van der Waals surface area contributed by atoms with E-state index in [-0.39, 0.29) is 12.0 Å². The number of hydrogen-bond acceptors (Lipinski definition) is 4. The molecule has 132 valence electrons. The van der Waals surface area contributed by atoms with Crippen molar-refractivity contribution in [3.05, 3.63) is 59.2 Å². The van der Waals surface area contributed by atoms with Crippen LogP contribution in [-0.2, 0) is 4.74 Å². The van der Waals surface area contributed by atoms with E-state index in [0.717, 1.165) is 5.56 Å². The maximum absolute atomic E-state index is 12.7. The van der Waals surface area contributed by atoms with Crippen molar-refractivity contribution >= 4 is 17.6 Å². The lowest BCUT2D eigenvalue weighted by atomic mass is 10.1. The number of aryl methyl sites for hydroxylation is 1. The minimum Gasteiger partial charge on any atom is -0.490 e. The third kappa shape index (κ3) is 4.83. The van der Waals surface area contributed by atoms with Crippen molar-refractivity contribution in [3.63, 3.8) is 0 Å². The molecule has 1 amide bonds. The fourth-order valence-corrected chi connectivity index (χ4v) is 2.30. The van der Waals surface area contributed by atoms with Crippen molar-refractivity contribution in [2.45, 2.75) is 33.8 Å². The van der Waals surface area contributed by atoms with Gasteiger partial charge in [-0.1, -0.05) is 18.2 Å². The lowest BCUT2D eigenvalue weighted by Gasteiger charge is -2.15. The van der Waals surface area contributed by atoms with E-state index in [4.69, 9.17) is 9.47 Å². The van der Waals surface area contributed by atoms with Gasteiger partial charge in [-0.05, 0) is 57.5 Å². The number of rotatable bonds is 6. The second-order valence-corrected chi connectivity index (χ2v) is 5.87. The van der Waals surface area contributed by atoms with Gasteiger partial charge in [0, 0.05) is 5.69 Å². The molecule has 25 heavy (non-hydrogen) atoms. The lowest BCUT2D eigenvalue weighted by molar-refractivity contribution is 0.0526. The molecule has 5 heteroatoms. The Kier molecular flexibility index (Phi) is 6.17. The largest absolute Gasteiger partial charge is 0.490 e. The van der Waals surface area contributed by atoms with Crippen LogP contribution < -0.4 is 10.1 Å². The van der Waals surface area contributed by atoms with E-state index < -0.39 is 5.97 Å². The van der Waals surface area contributed by atoms with Crippen LogP contribution in [0.4, 0.5) is 5.69 Å². The van der Waals surface area contributed by atoms with Crippen LogP contribution in [0, 0.1) is 6.92 Å². The zero-order valence-electron chi connectivity index (χ0n) is 15.0. The van der Waals surface area contributed by atoms with Crippen LogP contribution in [0.1, 0.15) is 47.1 Å². The van der Waals surface area contributed by atoms with Crippen LogP contribution in [0.5, 0.6) is 5.75 Å². The molecule has 0 saturated heterocycles. The Labute approximate surface area is 148 Å². The van der Waals surface area contributed by atoms with Crippen LogP contribution in [-0.4, -0.2) is 24.6 Å². The van der Waals surface area contributed by atoms with E-state index in [0.29, 0.717) is 29.2 Å². The number of carbonyl (C=O) groups is 2. The molecule has 2 aromatic rings. The fourth-order valence-electron chi connectivity index (χ4n) is 2.30. The molecule has 0 atom stereocenters. The highest BCUT2D eigenvalue weighted by molar-refractivity contribution is 6.07. The number of nitrogens with one attached hydrogen (secondary N) is 1. The average Bonchev–Trinajstić information content (AvgIpc) is 2.57. The predicted molar refractivity (Wildman–Crippen MR) is 97.3 cm³/mol. The van der Waals surface area contributed by atoms with Crippen molar-refractivity contribution in [1.82, 2.24) is 0 Å². The van der Waals surface area contributed by atoms with Crippen LogP contribution in [0.25, 0.3) is 0 Å². The first-order valence-electron chi connectivity index (χ1n) is 8.27. The lowest BCUT2D eigenvalue weighted by Crippen LogP contribution is -2.16. The normalized spacial score (nSPS) is 10.4. The molecule has 0 heterocycles. The maximum Gasteiger partial charge on any atom is 0.338 e. The molecule has 0 radical (unpaired) electrons. The number of amides is 1. The summed E-state index contributed by atoms with van der Waals surface area (Å²) in [6, 6.07) is 12.1. The van der Waals surface area contributed by atoms with Gasteiger partial charge >= 0.3 is 5.97 Å². The third-order valence-electron chi connectivity index (χ3n) is 3.49. The quantitative estimate of drug-likeness (QED) is 0.799. The van der Waals surface area contributed by atoms with Crippen molar-refractivity contribution in [1.29, 1.82) is 0 Å². The molecule has 0 fully saturated rings. The number of hydrogen-bond donors (Lipinski definition) is 1. The highest BCUT2D eigenvalue weighted by Crippen LogP contribution is 2.23. The van der Waals surface area contributed by atoms with Gasteiger partial charge in [0.1, 0.15) is 5.75 Å². The van der Waals surface area contributed by atoms with Crippen molar-refractivity contribution in [2.24, 2.45) is 0 Å². The molecular weight excluding hydrogens is 318 g/mol. The highest BCUT2D eigenvalue weighted by atomic mass is 16.5. The number of para-hydroxylation sites is 1. The SMILES string of the molecule is CCOC(=O)c1ccc(C)c(NC(=O)c2ccccc2OC(C)C)c1. The number of benzene rings is 2. The van der Waals surface area contributed by atoms with Crippen LogP contribution in [0.2, 0.25) is 0 Å². The van der Waals surface area contributed by atoms with E-state index in [1.165, 1.54) is 0 Å². The summed E-state index contributed by atoms with van der Waals surface area (Å²) >= 11 is 0. The molecular formula is C20H23NO4. The molecule has 2 aromatic carbocycles. The zero-order valence-corrected chi connectivity index (χ0v) is 15.0. The van der Waals surface area contributed by atoms with Gasteiger partial charge in [0.15, 0.2) is 0 Å². The Hall–Kier alpha value is -2.82. The van der Waals surface area contributed by atoms with E-state index in [9.17, 15) is 9.59 Å². The summed E-state index contributed by atoms with van der Waals surface area (Å²) < 4.78 is 10.7. The van der Waals surface area contributed by atoms with Gasteiger partial charge in [-0.15, -0.1) is 0 Å². The van der Waals surface area contributed by atoms with E-state index in [1.807, 2.05) is 26.8 Å². The second kappa shape index (κ2) is 8.33. The Balaban J connectivity index is 2.26. The smallest absolute Gasteiger partial charge is 0.338 e. The molecule has 0 aliphatic carbocycles. The van der Waals surface area contributed by atoms with Gasteiger partial charge in [-0.2, -0.15) is 0 Å². The number of carbonyl (C=O) groups excluding carboxylic acids is 2. The predicted octanol–water partition coefficient (Wildman–Crippen LogP) is 4.21. The Morgan fingerprint density at radius 1 is 1.12 bits per heavy atom. The summed E-state index contributed by atoms with van der Waals surface area (Å²) in [5.74, 6) is -0.184. The average molecular weight is 341 g/mol. The van der Waals surface area contributed by atoms with E-state index in [2.05, 4.69) is 5.32 Å². The number of ether oxygens (including phenoxy) is 2. The Morgan fingerprint density at radius 2 is 1.84 bits per heavy atom. The first-order chi connectivity index (χ1) is 11.9. The molecule has 0 unspecified atom stereocenters. The van der Waals surface area contributed by atoms with E-state index >= 15 is 0 Å². The minimum absolute atomic E-state index is 0.0390. The van der Waals surface area contributed by atoms with Crippen LogP contribution >= 0.6 is 0 Å². The molecule has 0 saturated carbocycles. The number of esters is 1. The van der Waals surface area contributed by atoms with Gasteiger partial charge in [-0.25, -0.2) is 4.79 Å². The van der Waals surface area contributed by atoms with Crippen molar-refractivity contribution < 1.29 is 19.1 Å². The molecule has 0 aromatic heterocycles. The molecule has 0 aliphatic heterocycles. The van der Waals surface area contributed by atoms with Crippen molar-refractivity contribution in [2.75, 3.05) is 11.9 Å². The monoisotopic (exact) mass is 341 g/mol. The maximum atomic E-state index is 12.7. The van der Waals surface area contributed by atoms with Crippen molar-refractivity contribution in [3.8, 4) is 5.75 Å². The second-order valence-electron chi connectivity index (χ2n) is 5.87. The molecule has 5 nitrogen and oxygen atoms in total. The first-order valence-corrected chi connectivity index (χ1v) is 8.27. The van der Waals surface area contributed by atoms with Gasteiger partial charge < -0.3 is 14.8 Å². The van der Waals surface area contributed by atoms with E-state index in [1.54, 1.807) is 43.3 Å². The summed E-state index contributed by atoms with van der Waals surface area (Å²) in [5, 5.41) is 2.85. The Morgan fingerprint density at radius 3 is 2.52 bits per heavy atom. The third-order valence-corrected chi connectivity index (χ3v) is 3.49. The minimum atomic E-state index is -0.415.